The first-order valence-electron chi connectivity index (χ1n) is 5.68. The van der Waals surface area contributed by atoms with Crippen LogP contribution in [0.5, 0.6) is 0 Å². The van der Waals surface area contributed by atoms with E-state index in [1.165, 1.54) is 12.0 Å². The number of carbonyl (C=O) groups is 1. The third kappa shape index (κ3) is 3.64. The largest absolute Gasteiger partial charge is 0.468 e. The van der Waals surface area contributed by atoms with Crippen LogP contribution in [0.1, 0.15) is 12.5 Å². The van der Waals surface area contributed by atoms with Gasteiger partial charge in [0.25, 0.3) is 5.69 Å². The zero-order chi connectivity index (χ0) is 15.4. The van der Waals surface area contributed by atoms with Gasteiger partial charge in [-0.3, -0.25) is 19.8 Å². The summed E-state index contributed by atoms with van der Waals surface area (Å²) < 4.78 is 18.0. The van der Waals surface area contributed by atoms with Crippen molar-refractivity contribution in [1.82, 2.24) is 4.90 Å². The fraction of sp³-hybridized carbons (Fsp3) is 0.417. The van der Waals surface area contributed by atoms with Gasteiger partial charge in [0.1, 0.15) is 11.9 Å². The van der Waals surface area contributed by atoms with Crippen LogP contribution < -0.4 is 0 Å². The van der Waals surface area contributed by atoms with E-state index < -0.39 is 22.8 Å². The molecule has 0 N–H and O–H groups in total. The number of methoxy groups -OCH3 is 1. The molecular weight excluding hydrogens is 291 g/mol. The number of halogens is 2. The molecule has 0 heterocycles. The number of benzene rings is 1. The lowest BCUT2D eigenvalue weighted by atomic mass is 10.1. The van der Waals surface area contributed by atoms with E-state index in [0.717, 1.165) is 12.1 Å². The van der Waals surface area contributed by atoms with E-state index in [1.54, 1.807) is 14.0 Å². The van der Waals surface area contributed by atoms with Gasteiger partial charge in [0.05, 0.1) is 17.1 Å². The number of ether oxygens (including phenoxy) is 1. The van der Waals surface area contributed by atoms with E-state index in [2.05, 4.69) is 4.74 Å². The molecule has 8 heteroatoms. The fourth-order valence-electron chi connectivity index (χ4n) is 1.63. The molecule has 0 aliphatic rings. The van der Waals surface area contributed by atoms with Gasteiger partial charge >= 0.3 is 5.97 Å². The van der Waals surface area contributed by atoms with Gasteiger partial charge < -0.3 is 4.74 Å². The normalized spacial score (nSPS) is 12.3. The Morgan fingerprint density at radius 2 is 2.20 bits per heavy atom. The molecule has 1 aromatic carbocycles. The lowest BCUT2D eigenvalue weighted by Crippen LogP contribution is -2.36. The second-order valence-electron chi connectivity index (χ2n) is 4.27. The molecule has 1 aromatic rings. The molecule has 20 heavy (non-hydrogen) atoms. The van der Waals surface area contributed by atoms with Crippen molar-refractivity contribution < 1.29 is 18.8 Å². The Kier molecular flexibility index (Phi) is 5.41. The Bertz CT molecular complexity index is 538. The SMILES string of the molecule is COC(=O)[C@H](C)N(C)Cc1cc(F)c(Cl)cc1[N+](=O)[O-]. The molecule has 0 amide bonds. The molecule has 110 valence electrons. The first-order chi connectivity index (χ1) is 9.27. The minimum Gasteiger partial charge on any atom is -0.468 e. The van der Waals surface area contributed by atoms with Crippen LogP contribution in [-0.2, 0) is 16.1 Å². The van der Waals surface area contributed by atoms with E-state index in [1.807, 2.05) is 0 Å². The molecule has 0 aliphatic heterocycles. The zero-order valence-corrected chi connectivity index (χ0v) is 12.0. The van der Waals surface area contributed by atoms with Crippen LogP contribution in [0.4, 0.5) is 10.1 Å². The minimum atomic E-state index is -0.744. The van der Waals surface area contributed by atoms with Crippen LogP contribution in [0.25, 0.3) is 0 Å². The Morgan fingerprint density at radius 3 is 2.70 bits per heavy atom. The maximum absolute atomic E-state index is 13.4. The number of carbonyl (C=O) groups excluding carboxylic acids is 1. The first-order valence-corrected chi connectivity index (χ1v) is 6.06. The van der Waals surface area contributed by atoms with Crippen molar-refractivity contribution in [2.24, 2.45) is 0 Å². The molecule has 0 aromatic heterocycles. The fourth-order valence-corrected chi connectivity index (χ4v) is 1.79. The average molecular weight is 305 g/mol. The maximum Gasteiger partial charge on any atom is 0.322 e. The highest BCUT2D eigenvalue weighted by Crippen LogP contribution is 2.27. The Hall–Kier alpha value is -1.73. The topological polar surface area (TPSA) is 72.7 Å². The number of esters is 1. The van der Waals surface area contributed by atoms with Crippen LogP contribution in [-0.4, -0.2) is 36.0 Å². The van der Waals surface area contributed by atoms with E-state index >= 15 is 0 Å². The Labute approximate surface area is 120 Å². The van der Waals surface area contributed by atoms with Crippen molar-refractivity contribution >= 4 is 23.3 Å². The number of nitrogens with zero attached hydrogens (tertiary/aromatic N) is 2. The summed E-state index contributed by atoms with van der Waals surface area (Å²) in [5.74, 6) is -1.23. The lowest BCUT2D eigenvalue weighted by Gasteiger charge is -2.22. The smallest absolute Gasteiger partial charge is 0.322 e. The minimum absolute atomic E-state index is 0.0146. The molecule has 6 nitrogen and oxygen atoms in total. The van der Waals surface area contributed by atoms with Crippen molar-refractivity contribution in [1.29, 1.82) is 0 Å². The van der Waals surface area contributed by atoms with Crippen LogP contribution >= 0.6 is 11.6 Å². The summed E-state index contributed by atoms with van der Waals surface area (Å²) in [6.45, 7) is 1.60. The third-order valence-electron chi connectivity index (χ3n) is 2.94. The van der Waals surface area contributed by atoms with Gasteiger partial charge in [-0.05, 0) is 20.0 Å². The summed E-state index contributed by atoms with van der Waals surface area (Å²) in [6.07, 6.45) is 0. The van der Waals surface area contributed by atoms with Gasteiger partial charge in [0, 0.05) is 18.2 Å². The highest BCUT2D eigenvalue weighted by molar-refractivity contribution is 6.31. The molecule has 0 aliphatic carbocycles. The quantitative estimate of drug-likeness (QED) is 0.474. The number of nitro benzene ring substituents is 1. The summed E-state index contributed by atoms with van der Waals surface area (Å²) in [5.41, 5.74) is -0.157. The summed E-state index contributed by atoms with van der Waals surface area (Å²) in [5, 5.41) is 10.6. The molecule has 0 fully saturated rings. The summed E-state index contributed by atoms with van der Waals surface area (Å²) >= 11 is 5.53. The lowest BCUT2D eigenvalue weighted by molar-refractivity contribution is -0.385. The number of likely N-dealkylation sites (N-methyl/N-ethyl adjacent to an activating group) is 1. The molecule has 1 atom stereocenters. The summed E-state index contributed by atoms with van der Waals surface area (Å²) in [6, 6.07) is 1.35. The number of nitro groups is 1. The van der Waals surface area contributed by atoms with Crippen LogP contribution in [0, 0.1) is 15.9 Å². The van der Waals surface area contributed by atoms with E-state index in [0.29, 0.717) is 0 Å². The van der Waals surface area contributed by atoms with Crippen LogP contribution in [0.3, 0.4) is 0 Å². The number of rotatable bonds is 5. The second kappa shape index (κ2) is 6.62. The van der Waals surface area contributed by atoms with Gasteiger partial charge in [-0.15, -0.1) is 0 Å². The van der Waals surface area contributed by atoms with E-state index in [-0.39, 0.29) is 22.8 Å². The van der Waals surface area contributed by atoms with Gasteiger partial charge in [-0.25, -0.2) is 4.39 Å². The Morgan fingerprint density at radius 1 is 1.60 bits per heavy atom. The van der Waals surface area contributed by atoms with Gasteiger partial charge in [-0.2, -0.15) is 0 Å². The molecule has 0 saturated carbocycles. The molecule has 0 saturated heterocycles. The molecular formula is C12H14ClFN2O4. The molecule has 0 spiro atoms. The van der Waals surface area contributed by atoms with E-state index in [4.69, 9.17) is 11.6 Å². The van der Waals surface area contributed by atoms with Gasteiger partial charge in [-0.1, -0.05) is 11.6 Å². The molecule has 1 rings (SSSR count). The number of hydrogen-bond donors (Lipinski definition) is 0. The monoisotopic (exact) mass is 304 g/mol. The predicted octanol–water partition coefficient (Wildman–Crippen LogP) is 2.38. The Balaban J connectivity index is 3.05. The third-order valence-corrected chi connectivity index (χ3v) is 3.23. The molecule has 0 bridgehead atoms. The molecule has 0 radical (unpaired) electrons. The summed E-state index contributed by atoms with van der Waals surface area (Å²) in [4.78, 5) is 23.2. The van der Waals surface area contributed by atoms with Gasteiger partial charge in [0.15, 0.2) is 0 Å². The maximum atomic E-state index is 13.4. The molecule has 0 unspecified atom stereocenters. The average Bonchev–Trinajstić information content (AvgIpc) is 2.40. The number of hydrogen-bond acceptors (Lipinski definition) is 5. The van der Waals surface area contributed by atoms with Crippen LogP contribution in [0.2, 0.25) is 5.02 Å². The first kappa shape index (κ1) is 16.3. The van der Waals surface area contributed by atoms with Crippen molar-refractivity contribution in [2.75, 3.05) is 14.2 Å². The van der Waals surface area contributed by atoms with Gasteiger partial charge in [0.2, 0.25) is 0 Å². The standard InChI is InChI=1S/C12H14ClFN2O4/c1-7(12(17)20-3)15(2)6-8-4-10(14)9(13)5-11(8)16(18)19/h4-5,7H,6H2,1-3H3/t7-/m0/s1. The summed E-state index contributed by atoms with van der Waals surface area (Å²) in [7, 11) is 2.83. The van der Waals surface area contributed by atoms with Crippen LogP contribution in [0.15, 0.2) is 12.1 Å². The predicted molar refractivity (Wildman–Crippen MR) is 71.0 cm³/mol. The second-order valence-corrected chi connectivity index (χ2v) is 4.67. The van der Waals surface area contributed by atoms with Crippen molar-refractivity contribution in [2.45, 2.75) is 19.5 Å². The van der Waals surface area contributed by atoms with Crippen molar-refractivity contribution in [3.8, 4) is 0 Å². The van der Waals surface area contributed by atoms with Crippen molar-refractivity contribution in [3.63, 3.8) is 0 Å². The highest BCUT2D eigenvalue weighted by atomic mass is 35.5. The highest BCUT2D eigenvalue weighted by Gasteiger charge is 2.23. The van der Waals surface area contributed by atoms with Crippen molar-refractivity contribution in [3.05, 3.63) is 38.7 Å². The zero-order valence-electron chi connectivity index (χ0n) is 11.2. The van der Waals surface area contributed by atoms with E-state index in [9.17, 15) is 19.3 Å².